The van der Waals surface area contributed by atoms with E-state index in [1.807, 2.05) is 0 Å². The van der Waals surface area contributed by atoms with Crippen LogP contribution in [0, 0.1) is 0 Å². The van der Waals surface area contributed by atoms with Crippen molar-refractivity contribution in [2.24, 2.45) is 10.9 Å². The number of nitrogens with zero attached hydrogens (tertiary/aromatic N) is 2. The number of rotatable bonds is 7. The summed E-state index contributed by atoms with van der Waals surface area (Å²) in [6.07, 6.45) is 0.194. The molecule has 7 nitrogen and oxygen atoms in total. The molecule has 0 radical (unpaired) electrons. The van der Waals surface area contributed by atoms with E-state index in [9.17, 15) is 8.42 Å². The second-order valence-corrected chi connectivity index (χ2v) is 5.26. The van der Waals surface area contributed by atoms with Crippen molar-refractivity contribution < 1.29 is 13.6 Å². The number of hydrogen-bond donors (Lipinski definition) is 3. The molecule has 0 aromatic carbocycles. The fraction of sp³-hybridized carbons (Fsp3) is 0.875. The molecule has 0 spiro atoms. The molecule has 16 heavy (non-hydrogen) atoms. The largest absolute Gasteiger partial charge is 0.409 e. The molecule has 0 saturated carbocycles. The zero-order valence-corrected chi connectivity index (χ0v) is 10.7. The van der Waals surface area contributed by atoms with Crippen LogP contribution in [0.5, 0.6) is 0 Å². The number of nitrogens with one attached hydrogen (secondary N) is 1. The number of oxime groups is 1. The van der Waals surface area contributed by atoms with Crippen molar-refractivity contribution in [3.05, 3.63) is 0 Å². The van der Waals surface area contributed by atoms with Crippen LogP contribution in [0.1, 0.15) is 27.2 Å². The highest BCUT2D eigenvalue weighted by Gasteiger charge is 2.23. The van der Waals surface area contributed by atoms with Crippen LogP contribution in [0.4, 0.5) is 0 Å². The zero-order chi connectivity index (χ0) is 12.8. The van der Waals surface area contributed by atoms with Crippen LogP contribution >= 0.6 is 0 Å². The van der Waals surface area contributed by atoms with Crippen molar-refractivity contribution in [3.8, 4) is 0 Å². The molecule has 0 aromatic rings. The van der Waals surface area contributed by atoms with Crippen molar-refractivity contribution in [2.75, 3.05) is 13.1 Å². The van der Waals surface area contributed by atoms with Gasteiger partial charge in [0.2, 0.25) is 0 Å². The highest BCUT2D eigenvalue weighted by molar-refractivity contribution is 7.87. The van der Waals surface area contributed by atoms with Gasteiger partial charge >= 0.3 is 0 Å². The molecule has 0 bridgehead atoms. The summed E-state index contributed by atoms with van der Waals surface area (Å²) in [6, 6.07) is -0.185. The maximum Gasteiger partial charge on any atom is 0.279 e. The summed E-state index contributed by atoms with van der Waals surface area (Å²) in [7, 11) is -3.48. The van der Waals surface area contributed by atoms with Crippen molar-refractivity contribution in [1.82, 2.24) is 9.03 Å². The van der Waals surface area contributed by atoms with Gasteiger partial charge in [-0.25, -0.2) is 4.72 Å². The monoisotopic (exact) mass is 252 g/mol. The molecule has 0 aromatic heterocycles. The molecule has 8 heteroatoms. The zero-order valence-electron chi connectivity index (χ0n) is 9.84. The molecule has 0 aliphatic heterocycles. The molecular weight excluding hydrogens is 232 g/mol. The standard InChI is InChI=1S/C8H20N4O3S/c1-4-10-16(14,15)12(7(2)3)6-5-8(9)11-13/h7,10,13H,4-6H2,1-3H3,(H2,9,11). The molecule has 0 amide bonds. The van der Waals surface area contributed by atoms with Crippen LogP contribution in [-0.4, -0.2) is 42.9 Å². The summed E-state index contributed by atoms with van der Waals surface area (Å²) in [5, 5.41) is 11.2. The second-order valence-electron chi connectivity index (χ2n) is 3.55. The maximum absolute atomic E-state index is 11.7. The molecule has 0 atom stereocenters. The number of nitrogens with two attached hydrogens (primary N) is 1. The van der Waals surface area contributed by atoms with Crippen LogP contribution in [0.2, 0.25) is 0 Å². The Morgan fingerprint density at radius 3 is 2.50 bits per heavy atom. The lowest BCUT2D eigenvalue weighted by Crippen LogP contribution is -2.45. The number of amidine groups is 1. The van der Waals surface area contributed by atoms with Gasteiger partial charge in [-0.2, -0.15) is 12.7 Å². The van der Waals surface area contributed by atoms with Crippen molar-refractivity contribution in [2.45, 2.75) is 33.2 Å². The fourth-order valence-corrected chi connectivity index (χ4v) is 2.61. The van der Waals surface area contributed by atoms with E-state index in [0.29, 0.717) is 6.54 Å². The van der Waals surface area contributed by atoms with Gasteiger partial charge in [0.05, 0.1) is 0 Å². The first-order valence-corrected chi connectivity index (χ1v) is 6.52. The Morgan fingerprint density at radius 1 is 1.56 bits per heavy atom. The van der Waals surface area contributed by atoms with E-state index in [2.05, 4.69) is 9.88 Å². The van der Waals surface area contributed by atoms with E-state index in [1.54, 1.807) is 20.8 Å². The van der Waals surface area contributed by atoms with Gasteiger partial charge in [0.15, 0.2) is 0 Å². The highest BCUT2D eigenvalue weighted by atomic mass is 32.2. The molecule has 0 aliphatic carbocycles. The molecule has 0 fully saturated rings. The summed E-state index contributed by atoms with van der Waals surface area (Å²) in [5.74, 6) is 0.0114. The van der Waals surface area contributed by atoms with Crippen molar-refractivity contribution in [1.29, 1.82) is 0 Å². The van der Waals surface area contributed by atoms with Crippen molar-refractivity contribution in [3.63, 3.8) is 0 Å². The van der Waals surface area contributed by atoms with Gasteiger partial charge in [-0.1, -0.05) is 12.1 Å². The van der Waals surface area contributed by atoms with Gasteiger partial charge in [0, 0.05) is 25.6 Å². The summed E-state index contributed by atoms with van der Waals surface area (Å²) < 4.78 is 27.2. The van der Waals surface area contributed by atoms with Gasteiger partial charge in [-0.05, 0) is 13.8 Å². The lowest BCUT2D eigenvalue weighted by atomic mass is 10.3. The van der Waals surface area contributed by atoms with Gasteiger partial charge in [0.25, 0.3) is 10.2 Å². The topological polar surface area (TPSA) is 108 Å². The lowest BCUT2D eigenvalue weighted by molar-refractivity contribution is 0.313. The minimum atomic E-state index is -3.48. The van der Waals surface area contributed by atoms with Crippen LogP contribution < -0.4 is 10.5 Å². The average Bonchev–Trinajstić information content (AvgIpc) is 2.16. The van der Waals surface area contributed by atoms with E-state index >= 15 is 0 Å². The summed E-state index contributed by atoms with van der Waals surface area (Å²) >= 11 is 0. The maximum atomic E-state index is 11.7. The predicted octanol–water partition coefficient (Wildman–Crippen LogP) is -0.312. The van der Waals surface area contributed by atoms with E-state index < -0.39 is 10.2 Å². The number of hydrogen-bond acceptors (Lipinski definition) is 4. The van der Waals surface area contributed by atoms with Gasteiger partial charge < -0.3 is 10.9 Å². The molecule has 0 aliphatic rings. The van der Waals surface area contributed by atoms with Crippen LogP contribution in [0.3, 0.4) is 0 Å². The predicted molar refractivity (Wildman–Crippen MR) is 62.5 cm³/mol. The molecule has 0 unspecified atom stereocenters. The van der Waals surface area contributed by atoms with Crippen molar-refractivity contribution >= 4 is 16.0 Å². The van der Waals surface area contributed by atoms with Crippen LogP contribution in [-0.2, 0) is 10.2 Å². The molecule has 4 N–H and O–H groups in total. The lowest BCUT2D eigenvalue weighted by Gasteiger charge is -2.25. The van der Waals surface area contributed by atoms with Gasteiger partial charge in [-0.3, -0.25) is 0 Å². The first-order chi connectivity index (χ1) is 7.35. The molecule has 96 valence electrons. The minimum Gasteiger partial charge on any atom is -0.409 e. The third kappa shape index (κ3) is 4.77. The minimum absolute atomic E-state index is 0.0114. The Morgan fingerprint density at radius 2 is 2.12 bits per heavy atom. The first kappa shape index (κ1) is 15.1. The summed E-state index contributed by atoms with van der Waals surface area (Å²) in [6.45, 7) is 5.75. The SMILES string of the molecule is CCNS(=O)(=O)N(CCC(N)=NO)C(C)C. The Kier molecular flexibility index (Phi) is 6.31. The molecule has 0 heterocycles. The Bertz CT molecular complexity index is 326. The van der Waals surface area contributed by atoms with Gasteiger partial charge in [-0.15, -0.1) is 0 Å². The van der Waals surface area contributed by atoms with Gasteiger partial charge in [0.1, 0.15) is 5.84 Å². The average molecular weight is 252 g/mol. The summed E-state index contributed by atoms with van der Waals surface area (Å²) in [4.78, 5) is 0. The van der Waals surface area contributed by atoms with E-state index in [4.69, 9.17) is 10.9 Å². The molecule has 0 rings (SSSR count). The summed E-state index contributed by atoms with van der Waals surface area (Å²) in [5.41, 5.74) is 5.30. The van der Waals surface area contributed by atoms with E-state index in [0.717, 1.165) is 0 Å². The third-order valence-electron chi connectivity index (χ3n) is 1.93. The molecular formula is C8H20N4O3S. The van der Waals surface area contributed by atoms with Crippen LogP contribution in [0.15, 0.2) is 5.16 Å². The van der Waals surface area contributed by atoms with E-state index in [-0.39, 0.29) is 24.8 Å². The Hall–Kier alpha value is -0.860. The normalized spacial score (nSPS) is 13.7. The first-order valence-electron chi connectivity index (χ1n) is 5.08. The fourth-order valence-electron chi connectivity index (χ4n) is 1.20. The Labute approximate surface area is 96.5 Å². The quantitative estimate of drug-likeness (QED) is 0.250. The highest BCUT2D eigenvalue weighted by Crippen LogP contribution is 2.05. The molecule has 0 saturated heterocycles. The Balaban J connectivity index is 4.63. The second kappa shape index (κ2) is 6.66. The van der Waals surface area contributed by atoms with E-state index in [1.165, 1.54) is 4.31 Å². The third-order valence-corrected chi connectivity index (χ3v) is 3.80. The smallest absolute Gasteiger partial charge is 0.279 e. The van der Waals surface area contributed by atoms with Crippen LogP contribution in [0.25, 0.3) is 0 Å².